The highest BCUT2D eigenvalue weighted by atomic mass is 14.5. The van der Waals surface area contributed by atoms with Crippen LogP contribution in [0, 0.1) is 0 Å². The van der Waals surface area contributed by atoms with Crippen LogP contribution in [0.3, 0.4) is 0 Å². The molecule has 0 saturated carbocycles. The van der Waals surface area contributed by atoms with E-state index in [1.807, 2.05) is 63.3 Å². The van der Waals surface area contributed by atoms with Crippen molar-refractivity contribution in [3.63, 3.8) is 0 Å². The van der Waals surface area contributed by atoms with E-state index in [0.717, 1.165) is 17.0 Å². The number of hydrogen-bond donors (Lipinski definition) is 2. The van der Waals surface area contributed by atoms with Crippen LogP contribution in [0.1, 0.15) is 40.2 Å². The van der Waals surface area contributed by atoms with Gasteiger partial charge in [0.25, 0.3) is 0 Å². The monoisotopic (exact) mass is 272 g/mol. The zero-order chi connectivity index (χ0) is 15.8. The van der Waals surface area contributed by atoms with Crippen LogP contribution in [0.5, 0.6) is 0 Å². The van der Waals surface area contributed by atoms with Gasteiger partial charge >= 0.3 is 0 Å². The van der Waals surface area contributed by atoms with Crippen LogP contribution in [0.4, 0.5) is 5.69 Å². The quantitative estimate of drug-likeness (QED) is 0.624. The number of rotatable bonds is 4. The number of anilines is 1. The van der Waals surface area contributed by atoms with Crippen molar-refractivity contribution in [2.75, 3.05) is 5.73 Å². The number of benzene rings is 1. The van der Waals surface area contributed by atoms with E-state index in [2.05, 4.69) is 20.4 Å². The molecule has 4 N–H and O–H groups in total. The summed E-state index contributed by atoms with van der Waals surface area (Å²) in [5.41, 5.74) is 15.0. The lowest BCUT2D eigenvalue weighted by Gasteiger charge is -2.26. The van der Waals surface area contributed by atoms with Crippen LogP contribution in [0.2, 0.25) is 0 Å². The summed E-state index contributed by atoms with van der Waals surface area (Å²) in [6.07, 6.45) is 5.70. The lowest BCUT2D eigenvalue weighted by molar-refractivity contribution is 0.642. The maximum Gasteiger partial charge on any atom is 0.0314 e. The molecule has 1 aromatic carbocycles. The molecule has 0 bridgehead atoms. The lowest BCUT2D eigenvalue weighted by atomic mass is 9.78. The molecule has 1 rings (SSSR count). The Morgan fingerprint density at radius 2 is 1.60 bits per heavy atom. The van der Waals surface area contributed by atoms with E-state index in [9.17, 15) is 0 Å². The summed E-state index contributed by atoms with van der Waals surface area (Å²) in [6.45, 7) is 14.3. The molecule has 110 valence electrons. The van der Waals surface area contributed by atoms with Crippen molar-refractivity contribution in [2.24, 2.45) is 5.73 Å². The van der Waals surface area contributed by atoms with Gasteiger partial charge in [-0.15, -0.1) is 0 Å². The van der Waals surface area contributed by atoms with E-state index in [1.54, 1.807) is 0 Å². The highest BCUT2D eigenvalue weighted by molar-refractivity contribution is 5.45. The molecular weight excluding hydrogens is 244 g/mol. The zero-order valence-corrected chi connectivity index (χ0v) is 13.4. The first-order chi connectivity index (χ1) is 9.37. The van der Waals surface area contributed by atoms with Crippen molar-refractivity contribution in [3.05, 3.63) is 65.9 Å². The van der Waals surface area contributed by atoms with Crippen LogP contribution < -0.4 is 11.5 Å². The van der Waals surface area contributed by atoms with Gasteiger partial charge in [0.05, 0.1) is 0 Å². The lowest BCUT2D eigenvalue weighted by Crippen LogP contribution is -2.18. The van der Waals surface area contributed by atoms with Gasteiger partial charge in [0.1, 0.15) is 0 Å². The van der Waals surface area contributed by atoms with E-state index in [0.29, 0.717) is 0 Å². The standard InChI is InChI=1S/C16H22N2.C2H6/c1-5-14(17)9-6-12(2)16(3,4)13-7-10-15(18)11-8-13;1-2/h5-11H,2,17-18H2,1,3-4H3;1-2H3/b9-6-,14-5+;. The van der Waals surface area contributed by atoms with Gasteiger partial charge in [0.15, 0.2) is 0 Å². The highest BCUT2D eigenvalue weighted by Crippen LogP contribution is 2.31. The first kappa shape index (κ1) is 18.0. The summed E-state index contributed by atoms with van der Waals surface area (Å²) in [5.74, 6) is 0. The molecular formula is C18H28N2. The summed E-state index contributed by atoms with van der Waals surface area (Å²) >= 11 is 0. The minimum atomic E-state index is -0.141. The Hall–Kier alpha value is -1.96. The van der Waals surface area contributed by atoms with Crippen molar-refractivity contribution in [1.82, 2.24) is 0 Å². The molecule has 1 aromatic rings. The van der Waals surface area contributed by atoms with E-state index >= 15 is 0 Å². The summed E-state index contributed by atoms with van der Waals surface area (Å²) in [6, 6.07) is 7.89. The summed E-state index contributed by atoms with van der Waals surface area (Å²) in [5, 5.41) is 0. The highest BCUT2D eigenvalue weighted by Gasteiger charge is 2.22. The van der Waals surface area contributed by atoms with Gasteiger partial charge in [0.2, 0.25) is 0 Å². The van der Waals surface area contributed by atoms with Gasteiger partial charge in [-0.3, -0.25) is 0 Å². The molecule has 0 fully saturated rings. The molecule has 2 heteroatoms. The molecule has 0 amide bonds. The molecule has 0 atom stereocenters. The molecule has 0 spiro atoms. The maximum atomic E-state index is 5.74. The second-order valence-corrected chi connectivity index (χ2v) is 4.89. The average molecular weight is 272 g/mol. The third-order valence-electron chi connectivity index (χ3n) is 3.25. The second kappa shape index (κ2) is 8.26. The normalized spacial score (nSPS) is 11.9. The average Bonchev–Trinajstić information content (AvgIpc) is 2.46. The molecule has 20 heavy (non-hydrogen) atoms. The fraction of sp³-hybridized carbons (Fsp3) is 0.333. The van der Waals surface area contributed by atoms with E-state index < -0.39 is 0 Å². The fourth-order valence-electron chi connectivity index (χ4n) is 1.59. The van der Waals surface area contributed by atoms with E-state index in [1.165, 1.54) is 5.56 Å². The number of nitrogen functional groups attached to an aromatic ring is 1. The zero-order valence-electron chi connectivity index (χ0n) is 13.4. The van der Waals surface area contributed by atoms with Crippen LogP contribution in [0.15, 0.2) is 60.3 Å². The van der Waals surface area contributed by atoms with Gasteiger partial charge in [-0.1, -0.05) is 58.6 Å². The van der Waals surface area contributed by atoms with Crippen molar-refractivity contribution < 1.29 is 0 Å². The Kier molecular flexibility index (Phi) is 7.45. The predicted octanol–water partition coefficient (Wildman–Crippen LogP) is 4.55. The van der Waals surface area contributed by atoms with Crippen molar-refractivity contribution in [3.8, 4) is 0 Å². The third kappa shape index (κ3) is 4.96. The Labute approximate surface area is 123 Å². The Morgan fingerprint density at radius 1 is 1.10 bits per heavy atom. The van der Waals surface area contributed by atoms with Gasteiger partial charge in [-0.05, 0) is 36.3 Å². The predicted molar refractivity (Wildman–Crippen MR) is 91.5 cm³/mol. The summed E-state index contributed by atoms with van der Waals surface area (Å²) in [7, 11) is 0. The molecule has 0 aliphatic carbocycles. The van der Waals surface area contributed by atoms with Crippen molar-refractivity contribution in [1.29, 1.82) is 0 Å². The van der Waals surface area contributed by atoms with Crippen LogP contribution in [0.25, 0.3) is 0 Å². The van der Waals surface area contributed by atoms with Gasteiger partial charge in [-0.25, -0.2) is 0 Å². The molecule has 0 unspecified atom stereocenters. The maximum absolute atomic E-state index is 5.74. The van der Waals surface area contributed by atoms with Gasteiger partial charge in [0, 0.05) is 16.8 Å². The molecule has 0 aromatic heterocycles. The van der Waals surface area contributed by atoms with Gasteiger partial charge in [-0.2, -0.15) is 0 Å². The van der Waals surface area contributed by atoms with Gasteiger partial charge < -0.3 is 11.5 Å². The molecule has 2 nitrogen and oxygen atoms in total. The van der Waals surface area contributed by atoms with Crippen LogP contribution in [-0.4, -0.2) is 0 Å². The second-order valence-electron chi connectivity index (χ2n) is 4.89. The summed E-state index contributed by atoms with van der Waals surface area (Å²) < 4.78 is 0. The molecule has 0 radical (unpaired) electrons. The SMILES string of the molecule is C=C(/C=C\C(N)=C/C)C(C)(C)c1ccc(N)cc1.CC. The number of hydrogen-bond acceptors (Lipinski definition) is 2. The summed E-state index contributed by atoms with van der Waals surface area (Å²) in [4.78, 5) is 0. The topological polar surface area (TPSA) is 52.0 Å². The molecule has 0 aliphatic rings. The minimum Gasteiger partial charge on any atom is -0.399 e. The van der Waals surface area contributed by atoms with Crippen molar-refractivity contribution >= 4 is 5.69 Å². The minimum absolute atomic E-state index is 0.141. The van der Waals surface area contributed by atoms with E-state index in [4.69, 9.17) is 11.5 Å². The van der Waals surface area contributed by atoms with E-state index in [-0.39, 0.29) is 5.41 Å². The Balaban J connectivity index is 0.00000172. The van der Waals surface area contributed by atoms with Crippen molar-refractivity contribution in [2.45, 2.75) is 40.0 Å². The van der Waals surface area contributed by atoms with Crippen LogP contribution >= 0.6 is 0 Å². The largest absolute Gasteiger partial charge is 0.399 e. The third-order valence-corrected chi connectivity index (χ3v) is 3.25. The fourth-order valence-corrected chi connectivity index (χ4v) is 1.59. The molecule has 0 aliphatic heterocycles. The number of allylic oxidation sites excluding steroid dienone is 4. The first-order valence-corrected chi connectivity index (χ1v) is 7.03. The first-order valence-electron chi connectivity index (χ1n) is 7.03. The van der Waals surface area contributed by atoms with Crippen LogP contribution in [-0.2, 0) is 5.41 Å². The Morgan fingerprint density at radius 3 is 2.05 bits per heavy atom. The molecule has 0 heterocycles. The smallest absolute Gasteiger partial charge is 0.0314 e. The molecule has 0 saturated heterocycles. The number of nitrogens with two attached hydrogens (primary N) is 2. The Bertz CT molecular complexity index is 477.